The Labute approximate surface area is 120 Å². The molecule has 0 radical (unpaired) electrons. The van der Waals surface area contributed by atoms with Gasteiger partial charge in [-0.2, -0.15) is 13.2 Å². The number of hydrogen-bond donors (Lipinski definition) is 1. The Hall–Kier alpha value is -2.16. The van der Waals surface area contributed by atoms with E-state index in [0.29, 0.717) is 10.2 Å². The molecule has 0 fully saturated rings. The highest BCUT2D eigenvalue weighted by Crippen LogP contribution is 2.22. The molecule has 112 valence electrons. The fourth-order valence-corrected chi connectivity index (χ4v) is 2.47. The third kappa shape index (κ3) is 3.91. The Morgan fingerprint density at radius 2 is 2.05 bits per heavy atom. The molecule has 0 bridgehead atoms. The zero-order valence-corrected chi connectivity index (χ0v) is 11.2. The van der Waals surface area contributed by atoms with E-state index in [4.69, 9.17) is 5.11 Å². The first-order valence-electron chi connectivity index (χ1n) is 5.67. The van der Waals surface area contributed by atoms with E-state index < -0.39 is 31.1 Å². The minimum Gasteiger partial charge on any atom is -0.480 e. The predicted molar refractivity (Wildman–Crippen MR) is 69.2 cm³/mol. The SMILES string of the molecule is O=C(O)CN(CC(F)(F)F)C(=O)c1ccc2ncsc2c1. The monoisotopic (exact) mass is 318 g/mol. The number of benzene rings is 1. The molecular formula is C12H9F3N2O3S. The minimum absolute atomic E-state index is 0.00255. The second kappa shape index (κ2) is 5.68. The molecule has 1 heterocycles. The van der Waals surface area contributed by atoms with E-state index >= 15 is 0 Å². The molecule has 2 rings (SSSR count). The molecule has 5 nitrogen and oxygen atoms in total. The maximum absolute atomic E-state index is 12.4. The van der Waals surface area contributed by atoms with Crippen LogP contribution < -0.4 is 0 Å². The summed E-state index contributed by atoms with van der Waals surface area (Å²) in [7, 11) is 0. The van der Waals surface area contributed by atoms with Gasteiger partial charge in [-0.05, 0) is 18.2 Å². The molecule has 0 aliphatic carbocycles. The molecule has 0 aliphatic rings. The zero-order chi connectivity index (χ0) is 15.6. The Bertz CT molecular complexity index is 684. The van der Waals surface area contributed by atoms with Crippen molar-refractivity contribution in [1.29, 1.82) is 0 Å². The minimum atomic E-state index is -4.67. The Morgan fingerprint density at radius 1 is 1.33 bits per heavy atom. The summed E-state index contributed by atoms with van der Waals surface area (Å²) in [5.74, 6) is -2.49. The van der Waals surface area contributed by atoms with Crippen LogP contribution in [0.5, 0.6) is 0 Å². The van der Waals surface area contributed by atoms with Gasteiger partial charge in [0.15, 0.2) is 0 Å². The number of rotatable bonds is 4. The molecule has 1 N–H and O–H groups in total. The molecule has 1 aromatic heterocycles. The lowest BCUT2D eigenvalue weighted by Crippen LogP contribution is -2.42. The van der Waals surface area contributed by atoms with E-state index in [1.165, 1.54) is 29.5 Å². The fraction of sp³-hybridized carbons (Fsp3) is 0.250. The number of nitrogens with zero attached hydrogens (tertiary/aromatic N) is 2. The summed E-state index contributed by atoms with van der Waals surface area (Å²) < 4.78 is 38.0. The third-order valence-corrected chi connectivity index (χ3v) is 3.35. The van der Waals surface area contributed by atoms with Crippen molar-refractivity contribution < 1.29 is 27.9 Å². The number of carboxylic acid groups (broad SMARTS) is 1. The van der Waals surface area contributed by atoms with Gasteiger partial charge >= 0.3 is 12.1 Å². The van der Waals surface area contributed by atoms with E-state index in [9.17, 15) is 22.8 Å². The summed E-state index contributed by atoms with van der Waals surface area (Å²) in [5.41, 5.74) is 2.17. The van der Waals surface area contributed by atoms with Crippen LogP contribution in [-0.2, 0) is 4.79 Å². The second-order valence-corrected chi connectivity index (χ2v) is 5.09. The van der Waals surface area contributed by atoms with Gasteiger partial charge in [-0.25, -0.2) is 4.98 Å². The predicted octanol–water partition coefficient (Wildman–Crippen LogP) is 2.39. The normalized spacial score (nSPS) is 11.6. The highest BCUT2D eigenvalue weighted by Gasteiger charge is 2.34. The van der Waals surface area contributed by atoms with Crippen molar-refractivity contribution in [3.05, 3.63) is 29.3 Å². The number of aromatic nitrogens is 1. The number of aliphatic carboxylic acids is 1. The first-order chi connectivity index (χ1) is 9.76. The zero-order valence-electron chi connectivity index (χ0n) is 10.4. The van der Waals surface area contributed by atoms with Crippen LogP contribution in [0.4, 0.5) is 13.2 Å². The third-order valence-electron chi connectivity index (χ3n) is 2.56. The quantitative estimate of drug-likeness (QED) is 0.939. The van der Waals surface area contributed by atoms with Gasteiger partial charge in [-0.3, -0.25) is 9.59 Å². The molecular weight excluding hydrogens is 309 g/mol. The molecule has 1 aromatic carbocycles. The van der Waals surface area contributed by atoms with Gasteiger partial charge in [0.1, 0.15) is 13.1 Å². The lowest BCUT2D eigenvalue weighted by Gasteiger charge is -2.22. The molecule has 0 spiro atoms. The molecule has 21 heavy (non-hydrogen) atoms. The fourth-order valence-electron chi connectivity index (χ4n) is 1.75. The van der Waals surface area contributed by atoms with Gasteiger partial charge in [0, 0.05) is 5.56 Å². The number of carbonyl (C=O) groups is 2. The van der Waals surface area contributed by atoms with Crippen LogP contribution in [0.2, 0.25) is 0 Å². The van der Waals surface area contributed by atoms with Gasteiger partial charge in [-0.1, -0.05) is 0 Å². The van der Waals surface area contributed by atoms with Crippen molar-refractivity contribution in [1.82, 2.24) is 9.88 Å². The lowest BCUT2D eigenvalue weighted by molar-refractivity contribution is -0.149. The van der Waals surface area contributed by atoms with E-state index in [1.807, 2.05) is 0 Å². The van der Waals surface area contributed by atoms with Gasteiger partial charge < -0.3 is 10.0 Å². The van der Waals surface area contributed by atoms with Gasteiger partial charge in [0.05, 0.1) is 15.7 Å². The van der Waals surface area contributed by atoms with Crippen LogP contribution in [0.15, 0.2) is 23.7 Å². The van der Waals surface area contributed by atoms with E-state index in [0.717, 1.165) is 0 Å². The average molecular weight is 318 g/mol. The molecule has 0 saturated heterocycles. The first-order valence-corrected chi connectivity index (χ1v) is 6.55. The Balaban J connectivity index is 2.29. The van der Waals surface area contributed by atoms with Crippen LogP contribution in [0.25, 0.3) is 10.2 Å². The summed E-state index contributed by atoms with van der Waals surface area (Å²) in [6.45, 7) is -2.63. The van der Waals surface area contributed by atoms with Gasteiger partial charge in [0.2, 0.25) is 0 Å². The molecule has 0 saturated carbocycles. The number of carbonyl (C=O) groups excluding carboxylic acids is 1. The number of carboxylic acids is 1. The Kier molecular flexibility index (Phi) is 4.12. The van der Waals surface area contributed by atoms with E-state index in [1.54, 1.807) is 5.51 Å². The number of thiazole rings is 1. The van der Waals surface area contributed by atoms with Crippen LogP contribution in [0.3, 0.4) is 0 Å². The summed E-state index contributed by atoms with van der Waals surface area (Å²) in [6.07, 6.45) is -4.67. The largest absolute Gasteiger partial charge is 0.480 e. The lowest BCUT2D eigenvalue weighted by atomic mass is 10.2. The average Bonchev–Trinajstić information content (AvgIpc) is 2.81. The molecule has 0 aliphatic heterocycles. The first kappa shape index (κ1) is 15.2. The van der Waals surface area contributed by atoms with Crippen LogP contribution in [0.1, 0.15) is 10.4 Å². The number of fused-ring (bicyclic) bond motifs is 1. The number of hydrogen-bond acceptors (Lipinski definition) is 4. The van der Waals surface area contributed by atoms with Crippen LogP contribution >= 0.6 is 11.3 Å². The Morgan fingerprint density at radius 3 is 2.67 bits per heavy atom. The molecule has 0 unspecified atom stereocenters. The summed E-state index contributed by atoms with van der Waals surface area (Å²) in [5, 5.41) is 8.65. The highest BCUT2D eigenvalue weighted by atomic mass is 32.1. The van der Waals surface area contributed by atoms with Gasteiger partial charge in [0.25, 0.3) is 5.91 Å². The highest BCUT2D eigenvalue weighted by molar-refractivity contribution is 7.16. The topological polar surface area (TPSA) is 70.5 Å². The van der Waals surface area contributed by atoms with Crippen LogP contribution in [0, 0.1) is 0 Å². The van der Waals surface area contributed by atoms with E-state index in [2.05, 4.69) is 4.98 Å². The summed E-state index contributed by atoms with van der Waals surface area (Å²) in [4.78, 5) is 26.9. The van der Waals surface area contributed by atoms with E-state index in [-0.39, 0.29) is 10.5 Å². The van der Waals surface area contributed by atoms with Crippen molar-refractivity contribution in [2.24, 2.45) is 0 Å². The van der Waals surface area contributed by atoms with Crippen molar-refractivity contribution in [3.63, 3.8) is 0 Å². The number of alkyl halides is 3. The van der Waals surface area contributed by atoms with Crippen molar-refractivity contribution in [3.8, 4) is 0 Å². The maximum atomic E-state index is 12.4. The summed E-state index contributed by atoms with van der Waals surface area (Å²) in [6, 6.07) is 4.24. The van der Waals surface area contributed by atoms with Crippen molar-refractivity contribution >= 4 is 33.4 Å². The smallest absolute Gasteiger partial charge is 0.406 e. The van der Waals surface area contributed by atoms with Crippen molar-refractivity contribution in [2.45, 2.75) is 6.18 Å². The molecule has 9 heteroatoms. The molecule has 1 amide bonds. The summed E-state index contributed by atoms with van der Waals surface area (Å²) >= 11 is 1.24. The molecule has 0 atom stereocenters. The molecule has 2 aromatic rings. The maximum Gasteiger partial charge on any atom is 0.406 e. The number of halogens is 3. The second-order valence-electron chi connectivity index (χ2n) is 4.20. The van der Waals surface area contributed by atoms with Gasteiger partial charge in [-0.15, -0.1) is 11.3 Å². The number of amides is 1. The van der Waals surface area contributed by atoms with Crippen molar-refractivity contribution in [2.75, 3.05) is 13.1 Å². The van der Waals surface area contributed by atoms with Crippen LogP contribution in [-0.4, -0.2) is 46.1 Å². The standard InChI is InChI=1S/C12H9F3N2O3S/c13-12(14,15)5-17(4-10(18)19)11(20)7-1-2-8-9(3-7)21-6-16-8/h1-3,6H,4-5H2,(H,18,19).